The number of amides is 2. The molecule has 0 aliphatic carbocycles. The van der Waals surface area contributed by atoms with Crippen LogP contribution in [0.3, 0.4) is 0 Å². The largest absolute Gasteiger partial charge is 0.493 e. The summed E-state index contributed by atoms with van der Waals surface area (Å²) < 4.78 is 34.7. The molecule has 2 saturated heterocycles. The molecule has 2 aromatic rings. The Morgan fingerprint density at radius 1 is 0.848 bits per heavy atom. The standard InChI is InChI=1S/C26H30F2N2O3/c27-21-11-7-12-22(28)24(21)25(32)30-16-8-13-26(18-30,19-33-20-9-3-1-4-10-20)17-23(31)29-14-5-2-6-15-29/h1,3-4,7,9-12H,2,5-6,8,13-19H2. The molecule has 176 valence electrons. The van der Waals surface area contributed by atoms with Gasteiger partial charge in [0.25, 0.3) is 5.91 Å². The van der Waals surface area contributed by atoms with Crippen LogP contribution in [-0.4, -0.2) is 54.4 Å². The zero-order valence-corrected chi connectivity index (χ0v) is 18.8. The molecule has 0 bridgehead atoms. The number of benzene rings is 2. The SMILES string of the molecule is O=C(CC1(COc2ccccc2)CCCN(C(=O)c2c(F)cccc2F)C1)N1CCCCC1. The molecule has 2 fully saturated rings. The Bertz CT molecular complexity index is 959. The molecule has 0 N–H and O–H groups in total. The Balaban J connectivity index is 1.56. The molecule has 0 radical (unpaired) electrons. The summed E-state index contributed by atoms with van der Waals surface area (Å²) >= 11 is 0. The number of hydrogen-bond acceptors (Lipinski definition) is 3. The van der Waals surface area contributed by atoms with Crippen molar-refractivity contribution < 1.29 is 23.1 Å². The van der Waals surface area contributed by atoms with E-state index < -0.39 is 28.5 Å². The average molecular weight is 457 g/mol. The van der Waals surface area contributed by atoms with Crippen LogP contribution in [0.1, 0.15) is 48.9 Å². The van der Waals surface area contributed by atoms with Gasteiger partial charge < -0.3 is 14.5 Å². The summed E-state index contributed by atoms with van der Waals surface area (Å²) in [6, 6.07) is 12.8. The Morgan fingerprint density at radius 3 is 2.21 bits per heavy atom. The Labute approximate surface area is 193 Å². The Kier molecular flexibility index (Phi) is 7.26. The van der Waals surface area contributed by atoms with E-state index in [1.807, 2.05) is 35.2 Å². The average Bonchev–Trinajstić information content (AvgIpc) is 2.84. The molecule has 1 atom stereocenters. The van der Waals surface area contributed by atoms with E-state index >= 15 is 0 Å². The summed E-state index contributed by atoms with van der Waals surface area (Å²) in [5.41, 5.74) is -1.17. The van der Waals surface area contributed by atoms with Crippen molar-refractivity contribution in [2.24, 2.45) is 5.41 Å². The molecule has 2 aliphatic rings. The topological polar surface area (TPSA) is 49.9 Å². The van der Waals surface area contributed by atoms with Crippen LogP contribution >= 0.6 is 0 Å². The fourth-order valence-corrected chi connectivity index (χ4v) is 4.88. The maximum atomic E-state index is 14.3. The molecule has 0 aromatic heterocycles. The van der Waals surface area contributed by atoms with Crippen LogP contribution in [0.25, 0.3) is 0 Å². The number of ether oxygens (including phenoxy) is 1. The normalized spacial score (nSPS) is 21.0. The zero-order valence-electron chi connectivity index (χ0n) is 18.8. The lowest BCUT2D eigenvalue weighted by Gasteiger charge is -2.43. The van der Waals surface area contributed by atoms with Crippen LogP contribution in [-0.2, 0) is 4.79 Å². The predicted molar refractivity (Wildman–Crippen MR) is 121 cm³/mol. The highest BCUT2D eigenvalue weighted by atomic mass is 19.1. The number of carbonyl (C=O) groups is 2. The fourth-order valence-electron chi connectivity index (χ4n) is 4.88. The van der Waals surface area contributed by atoms with Gasteiger partial charge in [0.1, 0.15) is 22.9 Å². The molecule has 33 heavy (non-hydrogen) atoms. The number of halogens is 2. The maximum Gasteiger partial charge on any atom is 0.259 e. The summed E-state index contributed by atoms with van der Waals surface area (Å²) in [4.78, 5) is 29.7. The second kappa shape index (κ2) is 10.3. The summed E-state index contributed by atoms with van der Waals surface area (Å²) in [7, 11) is 0. The van der Waals surface area contributed by atoms with Crippen LogP contribution in [0.4, 0.5) is 8.78 Å². The van der Waals surface area contributed by atoms with Crippen molar-refractivity contribution in [3.05, 3.63) is 65.7 Å². The van der Waals surface area contributed by atoms with E-state index in [-0.39, 0.29) is 25.5 Å². The van der Waals surface area contributed by atoms with Gasteiger partial charge in [-0.05, 0) is 56.4 Å². The van der Waals surface area contributed by atoms with Crippen LogP contribution in [0.5, 0.6) is 5.75 Å². The van der Waals surface area contributed by atoms with E-state index in [1.165, 1.54) is 11.0 Å². The van der Waals surface area contributed by atoms with Crippen LogP contribution in [0.15, 0.2) is 48.5 Å². The van der Waals surface area contributed by atoms with Gasteiger partial charge in [0.15, 0.2) is 0 Å². The lowest BCUT2D eigenvalue weighted by atomic mass is 9.77. The molecule has 5 nitrogen and oxygen atoms in total. The third kappa shape index (κ3) is 5.52. The Morgan fingerprint density at radius 2 is 1.52 bits per heavy atom. The number of hydrogen-bond donors (Lipinski definition) is 0. The van der Waals surface area contributed by atoms with Crippen molar-refractivity contribution in [2.45, 2.75) is 38.5 Å². The van der Waals surface area contributed by atoms with Crippen molar-refractivity contribution in [3.63, 3.8) is 0 Å². The van der Waals surface area contributed by atoms with Gasteiger partial charge in [-0.25, -0.2) is 8.78 Å². The highest BCUT2D eigenvalue weighted by Gasteiger charge is 2.41. The molecule has 2 aliphatic heterocycles. The van der Waals surface area contributed by atoms with Crippen LogP contribution in [0.2, 0.25) is 0 Å². The van der Waals surface area contributed by atoms with Crippen LogP contribution in [0, 0.1) is 17.0 Å². The predicted octanol–water partition coefficient (Wildman–Crippen LogP) is 4.67. The fraction of sp³-hybridized carbons (Fsp3) is 0.462. The summed E-state index contributed by atoms with van der Waals surface area (Å²) in [6.45, 7) is 2.35. The summed E-state index contributed by atoms with van der Waals surface area (Å²) in [5.74, 6) is -1.69. The lowest BCUT2D eigenvalue weighted by molar-refractivity contribution is -0.136. The van der Waals surface area contributed by atoms with Gasteiger partial charge in [-0.1, -0.05) is 24.3 Å². The first-order valence-electron chi connectivity index (χ1n) is 11.7. The minimum absolute atomic E-state index is 0.0535. The van der Waals surface area contributed by atoms with E-state index in [4.69, 9.17) is 4.74 Å². The Hall–Kier alpha value is -2.96. The summed E-state index contributed by atoms with van der Waals surface area (Å²) in [5, 5.41) is 0. The van der Waals surface area contributed by atoms with Gasteiger partial charge in [-0.2, -0.15) is 0 Å². The van der Waals surface area contributed by atoms with E-state index in [0.29, 0.717) is 25.1 Å². The van der Waals surface area contributed by atoms with Crippen molar-refractivity contribution in [2.75, 3.05) is 32.8 Å². The van der Waals surface area contributed by atoms with Crippen LogP contribution < -0.4 is 4.74 Å². The van der Waals surface area contributed by atoms with Crippen molar-refractivity contribution >= 4 is 11.8 Å². The molecule has 1 unspecified atom stereocenters. The van der Waals surface area contributed by atoms with Gasteiger partial charge in [0.05, 0.1) is 6.61 Å². The quantitative estimate of drug-likeness (QED) is 0.635. The highest BCUT2D eigenvalue weighted by molar-refractivity contribution is 5.95. The third-order valence-electron chi connectivity index (χ3n) is 6.65. The summed E-state index contributed by atoms with van der Waals surface area (Å²) in [6.07, 6.45) is 4.69. The number of rotatable bonds is 6. The number of likely N-dealkylation sites (tertiary alicyclic amines) is 2. The number of para-hydroxylation sites is 1. The molecular formula is C26H30F2N2O3. The molecule has 2 amide bonds. The molecule has 2 aromatic carbocycles. The molecule has 4 rings (SSSR count). The number of carbonyl (C=O) groups excluding carboxylic acids is 2. The molecule has 0 saturated carbocycles. The van der Waals surface area contributed by atoms with Gasteiger partial charge >= 0.3 is 0 Å². The molecule has 0 spiro atoms. The maximum absolute atomic E-state index is 14.3. The molecular weight excluding hydrogens is 426 g/mol. The zero-order chi connectivity index (χ0) is 23.3. The van der Waals surface area contributed by atoms with E-state index in [2.05, 4.69) is 0 Å². The van der Waals surface area contributed by atoms with Gasteiger partial charge in [-0.15, -0.1) is 0 Å². The minimum atomic E-state index is -0.874. The van der Waals surface area contributed by atoms with Gasteiger partial charge in [0, 0.05) is 38.0 Å². The lowest BCUT2D eigenvalue weighted by Crippen LogP contribution is -2.51. The first-order chi connectivity index (χ1) is 16.0. The second-order valence-corrected chi connectivity index (χ2v) is 9.15. The molecule has 7 heteroatoms. The van der Waals surface area contributed by atoms with E-state index in [1.54, 1.807) is 0 Å². The van der Waals surface area contributed by atoms with E-state index in [0.717, 1.165) is 44.5 Å². The number of nitrogens with zero attached hydrogens (tertiary/aromatic N) is 2. The minimum Gasteiger partial charge on any atom is -0.493 e. The third-order valence-corrected chi connectivity index (χ3v) is 6.65. The first-order valence-corrected chi connectivity index (χ1v) is 11.7. The number of piperidine rings is 2. The smallest absolute Gasteiger partial charge is 0.259 e. The monoisotopic (exact) mass is 456 g/mol. The van der Waals surface area contributed by atoms with Crippen molar-refractivity contribution in [3.8, 4) is 5.75 Å². The highest BCUT2D eigenvalue weighted by Crippen LogP contribution is 2.36. The van der Waals surface area contributed by atoms with Gasteiger partial charge in [0.2, 0.25) is 5.91 Å². The molecule has 2 heterocycles. The van der Waals surface area contributed by atoms with Crippen molar-refractivity contribution in [1.82, 2.24) is 9.80 Å². The van der Waals surface area contributed by atoms with Crippen molar-refractivity contribution in [1.29, 1.82) is 0 Å². The second-order valence-electron chi connectivity index (χ2n) is 9.15. The van der Waals surface area contributed by atoms with E-state index in [9.17, 15) is 18.4 Å². The first kappa shape index (κ1) is 23.2. The van der Waals surface area contributed by atoms with Gasteiger partial charge in [-0.3, -0.25) is 9.59 Å².